The number of hydrogen-bond acceptors (Lipinski definition) is 9. The number of rotatable bonds is 8. The standard InChI is InChI=1S/C22H37N3O5S2/c1-11(2)16(20-18(27)17(26)19(28)22(30-20)31-4)25-21(29)14-9-13(7-8-23-14)5-6-15-24-12(3)10-32-15/h10-11,13-14,16-20,22-23,26-28H,5-9H2,1-4H3,(H,25,29). The van der Waals surface area contributed by atoms with Crippen LogP contribution in [-0.2, 0) is 16.0 Å². The van der Waals surface area contributed by atoms with E-state index in [0.29, 0.717) is 5.92 Å². The van der Waals surface area contributed by atoms with Gasteiger partial charge in [0, 0.05) is 11.1 Å². The van der Waals surface area contributed by atoms with Crippen molar-refractivity contribution in [2.24, 2.45) is 11.8 Å². The highest BCUT2D eigenvalue weighted by Crippen LogP contribution is 2.31. The Bertz CT molecular complexity index is 747. The lowest BCUT2D eigenvalue weighted by Gasteiger charge is -2.44. The highest BCUT2D eigenvalue weighted by molar-refractivity contribution is 7.99. The number of ether oxygens (including phenoxy) is 1. The molecule has 2 aliphatic heterocycles. The SMILES string of the molecule is CSC1OC(C(NC(=O)C2CC(CCc3nc(C)cs3)CCN2)C(C)C)C(O)C(O)C1O. The molecule has 2 saturated heterocycles. The number of amides is 1. The van der Waals surface area contributed by atoms with E-state index >= 15 is 0 Å². The molecular formula is C22H37N3O5S2. The van der Waals surface area contributed by atoms with Gasteiger partial charge in [0.1, 0.15) is 29.9 Å². The molecule has 0 bridgehead atoms. The molecule has 8 nitrogen and oxygen atoms in total. The van der Waals surface area contributed by atoms with Crippen LogP contribution in [0.2, 0.25) is 0 Å². The van der Waals surface area contributed by atoms with Crippen LogP contribution in [0.25, 0.3) is 0 Å². The van der Waals surface area contributed by atoms with Crippen molar-refractivity contribution >= 4 is 29.0 Å². The number of hydrogen-bond donors (Lipinski definition) is 5. The van der Waals surface area contributed by atoms with Gasteiger partial charge in [0.2, 0.25) is 5.91 Å². The Hall–Kier alpha value is -0.750. The second kappa shape index (κ2) is 11.6. The topological polar surface area (TPSA) is 124 Å². The molecule has 2 aliphatic rings. The zero-order chi connectivity index (χ0) is 23.4. The normalized spacial score (nSPS) is 34.4. The van der Waals surface area contributed by atoms with Crippen LogP contribution in [0.5, 0.6) is 0 Å². The third kappa shape index (κ3) is 6.22. The van der Waals surface area contributed by atoms with Gasteiger partial charge in [0.05, 0.1) is 17.1 Å². The average molecular weight is 488 g/mol. The van der Waals surface area contributed by atoms with Gasteiger partial charge in [0.25, 0.3) is 0 Å². The van der Waals surface area contributed by atoms with E-state index in [1.54, 1.807) is 17.6 Å². The number of aliphatic hydroxyl groups excluding tert-OH is 3. The van der Waals surface area contributed by atoms with Gasteiger partial charge < -0.3 is 30.7 Å². The van der Waals surface area contributed by atoms with E-state index in [9.17, 15) is 20.1 Å². The number of aliphatic hydroxyl groups is 3. The van der Waals surface area contributed by atoms with Gasteiger partial charge in [0.15, 0.2) is 0 Å². The Morgan fingerprint density at radius 1 is 1.34 bits per heavy atom. The van der Waals surface area contributed by atoms with Gasteiger partial charge in [-0.1, -0.05) is 13.8 Å². The first-order valence-electron chi connectivity index (χ1n) is 11.4. The summed E-state index contributed by atoms with van der Waals surface area (Å²) in [6, 6.07) is -0.796. The van der Waals surface area contributed by atoms with Gasteiger partial charge in [-0.2, -0.15) is 0 Å². The minimum absolute atomic E-state index is 0.0314. The third-order valence-electron chi connectivity index (χ3n) is 6.48. The van der Waals surface area contributed by atoms with Crippen molar-refractivity contribution in [2.75, 3.05) is 12.8 Å². The fraction of sp³-hybridized carbons (Fsp3) is 0.818. The second-order valence-corrected chi connectivity index (χ2v) is 11.2. The first kappa shape index (κ1) is 25.9. The quantitative estimate of drug-likeness (QED) is 0.369. The van der Waals surface area contributed by atoms with Gasteiger partial charge in [-0.15, -0.1) is 23.1 Å². The van der Waals surface area contributed by atoms with Crippen LogP contribution < -0.4 is 10.6 Å². The predicted molar refractivity (Wildman–Crippen MR) is 127 cm³/mol. The summed E-state index contributed by atoms with van der Waals surface area (Å²) in [6.45, 7) is 6.68. The Kier molecular flexibility index (Phi) is 9.37. The number of nitrogens with one attached hydrogen (secondary N) is 2. The Morgan fingerprint density at radius 3 is 2.72 bits per heavy atom. The van der Waals surface area contributed by atoms with E-state index < -0.39 is 35.9 Å². The van der Waals surface area contributed by atoms with Crippen LogP contribution in [0.1, 0.15) is 43.8 Å². The van der Waals surface area contributed by atoms with E-state index in [4.69, 9.17) is 4.74 Å². The molecule has 3 heterocycles. The fourth-order valence-corrected chi connectivity index (χ4v) is 6.03. The summed E-state index contributed by atoms with van der Waals surface area (Å²) in [5.74, 6) is 0.301. The van der Waals surface area contributed by atoms with E-state index in [-0.39, 0.29) is 17.9 Å². The highest BCUT2D eigenvalue weighted by atomic mass is 32.2. The van der Waals surface area contributed by atoms with Crippen LogP contribution in [0.3, 0.4) is 0 Å². The van der Waals surface area contributed by atoms with Crippen LogP contribution in [0, 0.1) is 18.8 Å². The molecule has 3 rings (SSSR count). The minimum atomic E-state index is -1.32. The molecule has 182 valence electrons. The number of aromatic nitrogens is 1. The number of piperidine rings is 1. The zero-order valence-corrected chi connectivity index (χ0v) is 20.9. The van der Waals surface area contributed by atoms with Gasteiger partial charge in [-0.3, -0.25) is 4.79 Å². The van der Waals surface area contributed by atoms with Crippen molar-refractivity contribution in [1.82, 2.24) is 15.6 Å². The Balaban J connectivity index is 1.60. The zero-order valence-electron chi connectivity index (χ0n) is 19.2. The summed E-state index contributed by atoms with van der Waals surface area (Å²) in [4.78, 5) is 17.7. The number of thioether (sulfide) groups is 1. The van der Waals surface area contributed by atoms with Crippen molar-refractivity contribution in [1.29, 1.82) is 0 Å². The van der Waals surface area contributed by atoms with E-state index in [1.807, 2.05) is 20.8 Å². The maximum Gasteiger partial charge on any atom is 0.237 e. The molecule has 10 heteroatoms. The molecule has 8 unspecified atom stereocenters. The summed E-state index contributed by atoms with van der Waals surface area (Å²) < 4.78 is 5.91. The van der Waals surface area contributed by atoms with Crippen molar-refractivity contribution in [2.45, 2.75) is 88.4 Å². The van der Waals surface area contributed by atoms with Crippen molar-refractivity contribution in [3.05, 3.63) is 16.1 Å². The first-order chi connectivity index (χ1) is 15.2. The maximum absolute atomic E-state index is 13.1. The summed E-state index contributed by atoms with van der Waals surface area (Å²) in [6.07, 6.45) is 0.920. The molecule has 0 spiro atoms. The molecule has 1 amide bonds. The number of nitrogens with zero attached hydrogens (tertiary/aromatic N) is 1. The molecule has 0 aliphatic carbocycles. The summed E-state index contributed by atoms with van der Waals surface area (Å²) in [7, 11) is 0. The molecule has 0 aromatic carbocycles. The smallest absolute Gasteiger partial charge is 0.237 e. The Morgan fingerprint density at radius 2 is 2.09 bits per heavy atom. The van der Waals surface area contributed by atoms with Gasteiger partial charge in [-0.05, 0) is 57.2 Å². The number of carbonyl (C=O) groups excluding carboxylic acids is 1. The molecule has 1 aromatic rings. The molecule has 0 saturated carbocycles. The largest absolute Gasteiger partial charge is 0.388 e. The van der Waals surface area contributed by atoms with Crippen LogP contribution in [0.15, 0.2) is 5.38 Å². The van der Waals surface area contributed by atoms with Crippen LogP contribution in [0.4, 0.5) is 0 Å². The average Bonchev–Trinajstić information content (AvgIpc) is 3.20. The molecule has 2 fully saturated rings. The van der Waals surface area contributed by atoms with E-state index in [0.717, 1.165) is 42.9 Å². The summed E-state index contributed by atoms with van der Waals surface area (Å²) >= 11 is 2.96. The third-order valence-corrected chi connectivity index (χ3v) is 8.36. The minimum Gasteiger partial charge on any atom is -0.388 e. The van der Waals surface area contributed by atoms with E-state index in [2.05, 4.69) is 21.0 Å². The van der Waals surface area contributed by atoms with Gasteiger partial charge >= 0.3 is 0 Å². The predicted octanol–water partition coefficient (Wildman–Crippen LogP) is 1.06. The summed E-state index contributed by atoms with van der Waals surface area (Å²) in [5, 5.41) is 40.6. The Labute approximate surface area is 198 Å². The van der Waals surface area contributed by atoms with Crippen LogP contribution in [-0.4, -0.2) is 80.9 Å². The molecule has 1 aromatic heterocycles. The lowest BCUT2D eigenvalue weighted by atomic mass is 9.86. The number of aryl methyl sites for hydroxylation is 2. The lowest BCUT2D eigenvalue weighted by Crippen LogP contribution is -2.65. The second-order valence-electron chi connectivity index (χ2n) is 9.27. The summed E-state index contributed by atoms with van der Waals surface area (Å²) in [5.41, 5.74) is 0.393. The monoisotopic (exact) mass is 487 g/mol. The van der Waals surface area contributed by atoms with Gasteiger partial charge in [-0.25, -0.2) is 4.98 Å². The molecule has 5 N–H and O–H groups in total. The maximum atomic E-state index is 13.1. The fourth-order valence-electron chi connectivity index (χ4n) is 4.56. The molecule has 0 radical (unpaired) electrons. The molecule has 8 atom stereocenters. The van der Waals surface area contributed by atoms with E-state index in [1.165, 1.54) is 11.8 Å². The molecule has 32 heavy (non-hydrogen) atoms. The number of carbonyl (C=O) groups is 1. The van der Waals surface area contributed by atoms with Crippen molar-refractivity contribution in [3.8, 4) is 0 Å². The van der Waals surface area contributed by atoms with Crippen LogP contribution >= 0.6 is 23.1 Å². The molecular weight excluding hydrogens is 450 g/mol. The van der Waals surface area contributed by atoms with Crippen molar-refractivity contribution < 1.29 is 24.9 Å². The lowest BCUT2D eigenvalue weighted by molar-refractivity contribution is -0.208. The first-order valence-corrected chi connectivity index (χ1v) is 13.5. The highest BCUT2D eigenvalue weighted by Gasteiger charge is 2.47. The number of thiazole rings is 1. The van der Waals surface area contributed by atoms with Crippen molar-refractivity contribution in [3.63, 3.8) is 0 Å².